The van der Waals surface area contributed by atoms with Crippen molar-refractivity contribution in [1.29, 1.82) is 0 Å². The van der Waals surface area contributed by atoms with Gasteiger partial charge in [-0.25, -0.2) is 0 Å². The van der Waals surface area contributed by atoms with Crippen molar-refractivity contribution in [2.45, 2.75) is 32.0 Å². The van der Waals surface area contributed by atoms with Crippen molar-refractivity contribution >= 4 is 29.1 Å². The second-order valence-electron chi connectivity index (χ2n) is 4.59. The molecular formula is C15H18N4O2S. The quantitative estimate of drug-likeness (QED) is 0.627. The molecule has 0 fully saturated rings. The normalized spacial score (nSPS) is 10.5. The highest BCUT2D eigenvalue weighted by Gasteiger charge is 2.10. The number of hydrogen-bond acceptors (Lipinski definition) is 5. The first kappa shape index (κ1) is 16.2. The average Bonchev–Trinajstić information content (AvgIpc) is 3.00. The first-order valence-electron chi connectivity index (χ1n) is 7.07. The van der Waals surface area contributed by atoms with Crippen LogP contribution in [-0.4, -0.2) is 32.2 Å². The minimum absolute atomic E-state index is 0.0176. The third-order valence-corrected chi connectivity index (χ3v) is 4.05. The number of benzene rings is 1. The van der Waals surface area contributed by atoms with Crippen LogP contribution in [0.2, 0.25) is 0 Å². The number of rotatable bonds is 7. The predicted octanol–water partition coefficient (Wildman–Crippen LogP) is 2.62. The molecule has 0 aliphatic heterocycles. The van der Waals surface area contributed by atoms with Gasteiger partial charge in [-0.15, -0.1) is 10.2 Å². The zero-order chi connectivity index (χ0) is 15.9. The number of carbonyl (C=O) groups is 2. The van der Waals surface area contributed by atoms with E-state index in [2.05, 4.69) is 15.5 Å². The number of ketones is 1. The van der Waals surface area contributed by atoms with Crippen LogP contribution in [0.25, 0.3) is 0 Å². The number of nitrogens with one attached hydrogen (secondary N) is 1. The molecule has 6 nitrogen and oxygen atoms in total. The van der Waals surface area contributed by atoms with E-state index in [0.717, 1.165) is 11.7 Å². The van der Waals surface area contributed by atoms with Crippen LogP contribution in [0.15, 0.2) is 35.7 Å². The van der Waals surface area contributed by atoms with Gasteiger partial charge in [-0.2, -0.15) is 0 Å². The highest BCUT2D eigenvalue weighted by atomic mass is 32.2. The maximum atomic E-state index is 12.2. The fraction of sp³-hybridized carbons (Fsp3) is 0.333. The molecule has 7 heteroatoms. The summed E-state index contributed by atoms with van der Waals surface area (Å²) in [6.07, 6.45) is 2.08. The Labute approximate surface area is 133 Å². The van der Waals surface area contributed by atoms with E-state index in [-0.39, 0.29) is 11.7 Å². The molecule has 1 amide bonds. The SMILES string of the molecule is CCC(=O)Nc1ccc(C(=O)CSc2nncn2CC)cc1. The van der Waals surface area contributed by atoms with Crippen molar-refractivity contribution in [3.63, 3.8) is 0 Å². The van der Waals surface area contributed by atoms with Gasteiger partial charge in [0.1, 0.15) is 6.33 Å². The molecular weight excluding hydrogens is 300 g/mol. The molecule has 0 saturated heterocycles. The van der Waals surface area contributed by atoms with Crippen molar-refractivity contribution in [2.24, 2.45) is 0 Å². The van der Waals surface area contributed by atoms with Crippen LogP contribution in [0.5, 0.6) is 0 Å². The summed E-state index contributed by atoms with van der Waals surface area (Å²) in [5.74, 6) is 0.275. The van der Waals surface area contributed by atoms with Gasteiger partial charge in [0, 0.05) is 24.2 Å². The lowest BCUT2D eigenvalue weighted by atomic mass is 10.1. The van der Waals surface area contributed by atoms with E-state index in [9.17, 15) is 9.59 Å². The lowest BCUT2D eigenvalue weighted by molar-refractivity contribution is -0.115. The maximum Gasteiger partial charge on any atom is 0.224 e. The minimum atomic E-state index is -0.0477. The summed E-state index contributed by atoms with van der Waals surface area (Å²) < 4.78 is 1.89. The molecule has 0 aliphatic rings. The molecule has 1 aromatic carbocycles. The van der Waals surface area contributed by atoms with Crippen LogP contribution in [-0.2, 0) is 11.3 Å². The van der Waals surface area contributed by atoms with Crippen molar-refractivity contribution in [3.05, 3.63) is 36.2 Å². The van der Waals surface area contributed by atoms with Crippen LogP contribution >= 0.6 is 11.8 Å². The van der Waals surface area contributed by atoms with Crippen LogP contribution in [0.4, 0.5) is 5.69 Å². The molecule has 0 atom stereocenters. The van der Waals surface area contributed by atoms with Crippen LogP contribution in [0.3, 0.4) is 0 Å². The molecule has 0 spiro atoms. The van der Waals surface area contributed by atoms with Gasteiger partial charge >= 0.3 is 0 Å². The third-order valence-electron chi connectivity index (χ3n) is 3.06. The first-order chi connectivity index (χ1) is 10.6. The topological polar surface area (TPSA) is 76.9 Å². The van der Waals surface area contributed by atoms with E-state index in [1.54, 1.807) is 37.5 Å². The van der Waals surface area contributed by atoms with Crippen molar-refractivity contribution in [1.82, 2.24) is 14.8 Å². The molecule has 0 aliphatic carbocycles. The van der Waals surface area contributed by atoms with Gasteiger partial charge in [-0.1, -0.05) is 18.7 Å². The average molecular weight is 318 g/mol. The highest BCUT2D eigenvalue weighted by Crippen LogP contribution is 2.17. The lowest BCUT2D eigenvalue weighted by Crippen LogP contribution is -2.10. The molecule has 0 bridgehead atoms. The number of amides is 1. The Morgan fingerprint density at radius 2 is 1.95 bits per heavy atom. The van der Waals surface area contributed by atoms with E-state index < -0.39 is 0 Å². The number of Topliss-reactive ketones (excluding diaryl/α,β-unsaturated/α-hetero) is 1. The van der Waals surface area contributed by atoms with E-state index in [4.69, 9.17) is 0 Å². The molecule has 116 valence electrons. The van der Waals surface area contributed by atoms with Gasteiger partial charge in [0.2, 0.25) is 5.91 Å². The maximum absolute atomic E-state index is 12.2. The monoisotopic (exact) mass is 318 g/mol. The number of hydrogen-bond donors (Lipinski definition) is 1. The first-order valence-corrected chi connectivity index (χ1v) is 8.06. The number of carbonyl (C=O) groups excluding carboxylic acids is 2. The molecule has 0 unspecified atom stereocenters. The summed E-state index contributed by atoms with van der Waals surface area (Å²) in [5, 5.41) is 11.3. The lowest BCUT2D eigenvalue weighted by Gasteiger charge is -2.05. The Hall–Kier alpha value is -2.15. The summed E-state index contributed by atoms with van der Waals surface area (Å²) in [6.45, 7) is 4.56. The second-order valence-corrected chi connectivity index (χ2v) is 5.53. The fourth-order valence-electron chi connectivity index (χ4n) is 1.78. The van der Waals surface area contributed by atoms with E-state index in [1.807, 2.05) is 11.5 Å². The largest absolute Gasteiger partial charge is 0.326 e. The Bertz CT molecular complexity index is 652. The summed E-state index contributed by atoms with van der Waals surface area (Å²) in [6, 6.07) is 6.91. The zero-order valence-electron chi connectivity index (χ0n) is 12.6. The molecule has 2 aromatic rings. The Kier molecular flexibility index (Phi) is 5.71. The molecule has 1 aromatic heterocycles. The minimum Gasteiger partial charge on any atom is -0.326 e. The molecule has 22 heavy (non-hydrogen) atoms. The summed E-state index contributed by atoms with van der Waals surface area (Å²) in [5.41, 5.74) is 1.31. The third kappa shape index (κ3) is 4.17. The summed E-state index contributed by atoms with van der Waals surface area (Å²) in [7, 11) is 0. The van der Waals surface area contributed by atoms with Crippen molar-refractivity contribution in [3.8, 4) is 0 Å². The van der Waals surface area contributed by atoms with Crippen LogP contribution in [0.1, 0.15) is 30.6 Å². The van der Waals surface area contributed by atoms with Crippen molar-refractivity contribution < 1.29 is 9.59 Å². The number of nitrogens with zero attached hydrogens (tertiary/aromatic N) is 3. The van der Waals surface area contributed by atoms with Gasteiger partial charge in [0.05, 0.1) is 5.75 Å². The molecule has 1 heterocycles. The predicted molar refractivity (Wildman–Crippen MR) is 86.1 cm³/mol. The van der Waals surface area contributed by atoms with E-state index in [0.29, 0.717) is 23.4 Å². The van der Waals surface area contributed by atoms with Gasteiger partial charge in [0.15, 0.2) is 10.9 Å². The molecule has 0 saturated carbocycles. The smallest absolute Gasteiger partial charge is 0.224 e. The van der Waals surface area contributed by atoms with Gasteiger partial charge in [-0.3, -0.25) is 9.59 Å². The molecule has 2 rings (SSSR count). The van der Waals surface area contributed by atoms with Gasteiger partial charge in [-0.05, 0) is 31.2 Å². The van der Waals surface area contributed by atoms with E-state index >= 15 is 0 Å². The summed E-state index contributed by atoms with van der Waals surface area (Å²) in [4.78, 5) is 23.5. The Balaban J connectivity index is 1.94. The summed E-state index contributed by atoms with van der Waals surface area (Å²) >= 11 is 1.37. The number of thioether (sulfide) groups is 1. The number of aryl methyl sites for hydroxylation is 1. The Morgan fingerprint density at radius 1 is 1.23 bits per heavy atom. The standard InChI is InChI=1S/C15H18N4O2S/c1-3-14(21)17-12-7-5-11(6-8-12)13(20)9-22-15-18-16-10-19(15)4-2/h5-8,10H,3-4,9H2,1-2H3,(H,17,21). The number of aromatic nitrogens is 3. The van der Waals surface area contributed by atoms with Gasteiger partial charge in [0.25, 0.3) is 0 Å². The zero-order valence-corrected chi connectivity index (χ0v) is 13.4. The van der Waals surface area contributed by atoms with Crippen molar-refractivity contribution in [2.75, 3.05) is 11.1 Å². The fourth-order valence-corrected chi connectivity index (χ4v) is 2.65. The van der Waals surface area contributed by atoms with Crippen LogP contribution < -0.4 is 5.32 Å². The van der Waals surface area contributed by atoms with E-state index in [1.165, 1.54) is 11.8 Å². The highest BCUT2D eigenvalue weighted by molar-refractivity contribution is 7.99. The molecule has 1 N–H and O–H groups in total. The van der Waals surface area contributed by atoms with Gasteiger partial charge < -0.3 is 9.88 Å². The molecule has 0 radical (unpaired) electrons. The number of anilines is 1. The van der Waals surface area contributed by atoms with Crippen LogP contribution in [0, 0.1) is 0 Å². The second kappa shape index (κ2) is 7.74. The Morgan fingerprint density at radius 3 is 2.59 bits per heavy atom.